The smallest absolute Gasteiger partial charge is 0.408 e. The van der Waals surface area contributed by atoms with Crippen molar-refractivity contribution in [2.45, 2.75) is 193 Å². The van der Waals surface area contributed by atoms with E-state index in [-0.39, 0.29) is 50.8 Å². The van der Waals surface area contributed by atoms with E-state index in [1.165, 1.54) is 31.4 Å². The number of esters is 4. The number of benzene rings is 8. The molecule has 0 spiro atoms. The van der Waals surface area contributed by atoms with Crippen LogP contribution in [-0.2, 0) is 149 Å². The normalized spacial score (nSPS) is 30.0. The number of hydrogen-bond acceptors (Lipinski definition) is 30. The SMILES string of the molecule is COC(=O)C1O[C@@H](O[C@H]2C(CO)O[C@@H](O[C@H]3C(C(=O)OC)O[C@@H](O[C@H]4C(COC(=O)c5ccccc5)O[C@@H](OC)C(N=[N+]=[N-])[C@H]4OCc4ccccc4)C(OC(=O)c4ccccc4)[C@@H]3OCc3ccccc3)C3NC(=O)O[C@H]32)C(OCc2ccccc2)[C@@H](OCc2ccccc2)[C@H]1O[C@@H]1OC(CO)[C@H](OCc2ccccc2)[C@H](OCc2ccccc2)C1N=[N+]=[N-]. The van der Waals surface area contributed by atoms with Gasteiger partial charge < -0.3 is 115 Å². The number of methoxy groups -OCH3 is 3. The van der Waals surface area contributed by atoms with E-state index < -0.39 is 203 Å². The van der Waals surface area contributed by atoms with Gasteiger partial charge in [0.2, 0.25) is 0 Å². The monoisotopic (exact) mass is 1720 g/mol. The number of fused-ring (bicyclic) bond motifs is 1. The summed E-state index contributed by atoms with van der Waals surface area (Å²) < 4.78 is 138. The van der Waals surface area contributed by atoms with Crippen LogP contribution in [-0.4, -0.2) is 235 Å². The van der Waals surface area contributed by atoms with Gasteiger partial charge in [-0.25, -0.2) is 24.0 Å². The number of rotatable bonds is 38. The molecule has 1 amide bonds. The summed E-state index contributed by atoms with van der Waals surface area (Å²) in [5.74, 6) is -3.98. The van der Waals surface area contributed by atoms with E-state index in [4.69, 9.17) is 99.5 Å². The van der Waals surface area contributed by atoms with E-state index in [0.29, 0.717) is 22.3 Å². The maximum Gasteiger partial charge on any atom is 0.408 e. The van der Waals surface area contributed by atoms with E-state index >= 15 is 9.59 Å². The van der Waals surface area contributed by atoms with Gasteiger partial charge in [0.05, 0.1) is 78.2 Å². The van der Waals surface area contributed by atoms with E-state index in [0.717, 1.165) is 25.3 Å². The van der Waals surface area contributed by atoms with Crippen LogP contribution in [0, 0.1) is 0 Å². The molecule has 10 unspecified atom stereocenters. The van der Waals surface area contributed by atoms with Crippen molar-refractivity contribution in [1.29, 1.82) is 0 Å². The molecule has 125 heavy (non-hydrogen) atoms. The number of alkyl carbamates (subject to hydrolysis) is 1. The summed E-state index contributed by atoms with van der Waals surface area (Å²) in [6.45, 7) is -3.18. The standard InChI is InChI=1S/C90H95N7O28/c1-105-83(102)77-75(122-87-66(95-97-92)70(109-47-54-30-14-5-15-31-54)67(61(44-98)115-87)108-46-53-28-12-4-13-29-53)73(111-49-56-34-18-7-19-35-56)79(113-51-58-38-22-9-23-39-58)88(123-77)119-68-62(45-99)116-86(64-72(68)125-90(104)93-64)121-76-74(112-50-57-36-20-8-21-37-57)80(118-82(101)60-42-26-11-27-43-60)89(124-78(76)84(103)106-2)120-69-63(52-114-81(100)59-40-24-10-25-41-59)117-85(107-3)65(94-96-91)71(69)110-48-55-32-16-6-17-33-55/h4-43,61-80,85-89,98-99H,44-52H2,1-3H3,(H,93,104)/t61?,62?,63?,64?,65?,66?,67-,68-,69-,70+,71+,72+,73-,74+,75+,76+,77?,78?,79?,80?,85+,86-,87-,88+,89+/m0/s1. The van der Waals surface area contributed by atoms with Gasteiger partial charge in [0.1, 0.15) is 104 Å². The Morgan fingerprint density at radius 2 is 0.720 bits per heavy atom. The summed E-state index contributed by atoms with van der Waals surface area (Å²) in [6.07, 6.45) is -37.2. The highest BCUT2D eigenvalue weighted by Crippen LogP contribution is 2.43. The third-order valence-corrected chi connectivity index (χ3v) is 21.7. The average Bonchev–Trinajstić information content (AvgIpc) is 1.68. The zero-order valence-electron chi connectivity index (χ0n) is 68.1. The number of amides is 1. The highest BCUT2D eigenvalue weighted by atomic mass is 16.8. The van der Waals surface area contributed by atoms with Gasteiger partial charge in [-0.15, -0.1) is 0 Å². The van der Waals surface area contributed by atoms with Crippen molar-refractivity contribution in [1.82, 2.24) is 5.32 Å². The lowest BCUT2D eigenvalue weighted by Crippen LogP contribution is -2.69. The first-order chi connectivity index (χ1) is 61.2. The minimum Gasteiger partial charge on any atom is -0.467 e. The van der Waals surface area contributed by atoms with Gasteiger partial charge >= 0.3 is 30.0 Å². The molecular weight excluding hydrogens is 1630 g/mol. The molecule has 0 radical (unpaired) electrons. The largest absolute Gasteiger partial charge is 0.467 e. The zero-order chi connectivity index (χ0) is 87.0. The van der Waals surface area contributed by atoms with Crippen molar-refractivity contribution in [3.8, 4) is 0 Å². The molecule has 0 aliphatic carbocycles. The number of nitrogens with zero attached hydrogens (tertiary/aromatic N) is 6. The van der Waals surface area contributed by atoms with Crippen LogP contribution < -0.4 is 5.32 Å². The fourth-order valence-corrected chi connectivity index (χ4v) is 15.6. The van der Waals surface area contributed by atoms with Gasteiger partial charge in [0.25, 0.3) is 0 Å². The third-order valence-electron chi connectivity index (χ3n) is 21.7. The van der Waals surface area contributed by atoms with Crippen molar-refractivity contribution in [3.63, 3.8) is 0 Å². The lowest BCUT2D eigenvalue weighted by atomic mass is 9.93. The number of aliphatic hydroxyl groups excluding tert-OH is 2. The highest BCUT2D eigenvalue weighted by molar-refractivity contribution is 5.90. The molecule has 14 rings (SSSR count). The molecule has 6 aliphatic heterocycles. The summed E-state index contributed by atoms with van der Waals surface area (Å²) in [4.78, 5) is 79.7. The lowest BCUT2D eigenvalue weighted by molar-refractivity contribution is -0.380. The van der Waals surface area contributed by atoms with Crippen molar-refractivity contribution >= 4 is 30.0 Å². The van der Waals surface area contributed by atoms with Crippen LogP contribution in [0.1, 0.15) is 54.1 Å². The Labute approximate surface area is 718 Å². The fraction of sp³-hybridized carbons (Fsp3) is 0.411. The Morgan fingerprint density at radius 1 is 0.376 bits per heavy atom. The number of carbonyl (C=O) groups excluding carboxylic acids is 5. The minimum atomic E-state index is -2.03. The summed E-state index contributed by atoms with van der Waals surface area (Å²) in [5, 5.41) is 34.3. The molecule has 35 nitrogen and oxygen atoms in total. The maximum absolute atomic E-state index is 15.1. The second kappa shape index (κ2) is 44.6. The Balaban J connectivity index is 0.824. The van der Waals surface area contributed by atoms with Crippen LogP contribution >= 0.6 is 0 Å². The molecule has 6 heterocycles. The van der Waals surface area contributed by atoms with Crippen molar-refractivity contribution < 1.29 is 134 Å². The van der Waals surface area contributed by atoms with E-state index in [1.807, 2.05) is 60.7 Å². The predicted molar refractivity (Wildman–Crippen MR) is 434 cm³/mol. The second-order valence-corrected chi connectivity index (χ2v) is 29.7. The molecule has 6 aliphatic rings. The topological polar surface area (TPSA) is 429 Å². The molecule has 6 fully saturated rings. The number of aliphatic hydroxyl groups is 2. The number of azide groups is 2. The van der Waals surface area contributed by atoms with E-state index in [2.05, 4.69) is 25.4 Å². The van der Waals surface area contributed by atoms with Gasteiger partial charge in [-0.2, -0.15) is 0 Å². The predicted octanol–water partition coefficient (Wildman–Crippen LogP) is 9.56. The first-order valence-electron chi connectivity index (χ1n) is 40.5. The maximum atomic E-state index is 15.1. The van der Waals surface area contributed by atoms with Gasteiger partial charge in [0.15, 0.2) is 55.9 Å². The third kappa shape index (κ3) is 22.6. The summed E-state index contributed by atoms with van der Waals surface area (Å²) in [5.41, 5.74) is 24.9. The molecule has 3 N–H and O–H groups in total. The number of ether oxygens (including phenoxy) is 21. The zero-order valence-corrected chi connectivity index (χ0v) is 68.1. The fourth-order valence-electron chi connectivity index (χ4n) is 15.6. The molecule has 8 aromatic rings. The van der Waals surface area contributed by atoms with Gasteiger partial charge in [-0.05, 0) is 68.7 Å². The molecule has 0 saturated carbocycles. The molecule has 35 heteroatoms. The van der Waals surface area contributed by atoms with Gasteiger partial charge in [0, 0.05) is 16.9 Å². The van der Waals surface area contributed by atoms with Crippen molar-refractivity contribution in [3.05, 3.63) is 308 Å². The summed E-state index contributed by atoms with van der Waals surface area (Å²) in [6, 6.07) is 65.4. The van der Waals surface area contributed by atoms with Crippen molar-refractivity contribution in [2.24, 2.45) is 10.2 Å². The first kappa shape index (κ1) is 90.1. The average molecular weight is 1720 g/mol. The molecule has 0 aromatic heterocycles. The Hall–Kier alpha value is -11.2. The molecule has 6 saturated heterocycles. The van der Waals surface area contributed by atoms with E-state index in [9.17, 15) is 35.7 Å². The Kier molecular flexibility index (Phi) is 32.1. The summed E-state index contributed by atoms with van der Waals surface area (Å²) in [7, 11) is 3.46. The highest BCUT2D eigenvalue weighted by Gasteiger charge is 2.63. The van der Waals surface area contributed by atoms with Gasteiger partial charge in [-0.1, -0.05) is 229 Å². The van der Waals surface area contributed by atoms with Crippen LogP contribution in [0.3, 0.4) is 0 Å². The molecular formula is C90H95N7O28. The summed E-state index contributed by atoms with van der Waals surface area (Å²) >= 11 is 0. The van der Waals surface area contributed by atoms with Crippen LogP contribution in [0.15, 0.2) is 253 Å². The van der Waals surface area contributed by atoms with Crippen LogP contribution in [0.25, 0.3) is 20.9 Å². The minimum absolute atomic E-state index is 0.00447. The molecule has 8 aromatic carbocycles. The number of carbonyl (C=O) groups is 5. The van der Waals surface area contributed by atoms with Crippen LogP contribution in [0.2, 0.25) is 0 Å². The molecule has 0 bridgehead atoms. The van der Waals surface area contributed by atoms with Crippen LogP contribution in [0.5, 0.6) is 0 Å². The van der Waals surface area contributed by atoms with Crippen LogP contribution in [0.4, 0.5) is 4.79 Å². The Morgan fingerprint density at radius 3 is 1.15 bits per heavy atom. The first-order valence-corrected chi connectivity index (χ1v) is 40.5. The lowest BCUT2D eigenvalue weighted by Gasteiger charge is -2.51. The van der Waals surface area contributed by atoms with E-state index in [1.54, 1.807) is 158 Å². The van der Waals surface area contributed by atoms with Crippen molar-refractivity contribution in [2.75, 3.05) is 41.2 Å². The number of nitrogens with one attached hydrogen (secondary N) is 1. The molecule has 25 atom stereocenters. The number of hydrogen-bond donors (Lipinski definition) is 3. The van der Waals surface area contributed by atoms with Gasteiger partial charge in [-0.3, -0.25) is 0 Å². The molecule has 658 valence electrons. The Bertz CT molecular complexity index is 4840. The quantitative estimate of drug-likeness (QED) is 0.0106. The second-order valence-electron chi connectivity index (χ2n) is 29.7.